The molecule has 144 valence electrons. The van der Waals surface area contributed by atoms with Gasteiger partial charge in [0.05, 0.1) is 25.2 Å². The second-order valence-corrected chi connectivity index (χ2v) is 8.63. The zero-order valence-corrected chi connectivity index (χ0v) is 16.3. The number of morpholine rings is 1. The third kappa shape index (κ3) is 3.45. The van der Waals surface area contributed by atoms with Crippen LogP contribution in [-0.4, -0.2) is 69.5 Å². The molecule has 0 spiro atoms. The van der Waals surface area contributed by atoms with E-state index in [1.54, 1.807) is 38.0 Å². The third-order valence-electron chi connectivity index (χ3n) is 5.05. The minimum absolute atomic E-state index is 0.113. The van der Waals surface area contributed by atoms with Crippen LogP contribution >= 0.6 is 0 Å². The zero-order valence-electron chi connectivity index (χ0n) is 15.5. The van der Waals surface area contributed by atoms with Gasteiger partial charge in [-0.3, -0.25) is 4.79 Å². The lowest BCUT2D eigenvalue weighted by Gasteiger charge is -2.32. The molecule has 0 bridgehead atoms. The van der Waals surface area contributed by atoms with Gasteiger partial charge >= 0.3 is 0 Å². The predicted molar refractivity (Wildman–Crippen MR) is 96.8 cm³/mol. The summed E-state index contributed by atoms with van der Waals surface area (Å²) in [5.74, 6) is 0.513. The lowest BCUT2D eigenvalue weighted by Crippen LogP contribution is -2.51. The van der Waals surface area contributed by atoms with E-state index in [-0.39, 0.29) is 10.8 Å². The Bertz CT molecular complexity index is 764. The maximum absolute atomic E-state index is 13.4. The fraction of sp³-hybridized carbons (Fsp3) is 0.611. The number of hydrogen-bond donors (Lipinski definition) is 0. The summed E-state index contributed by atoms with van der Waals surface area (Å²) in [7, 11) is -2.20. The number of benzene rings is 1. The van der Waals surface area contributed by atoms with Crippen molar-refractivity contribution in [1.29, 1.82) is 0 Å². The van der Waals surface area contributed by atoms with Gasteiger partial charge in [0.25, 0.3) is 0 Å². The van der Waals surface area contributed by atoms with Crippen molar-refractivity contribution in [3.63, 3.8) is 0 Å². The summed E-state index contributed by atoms with van der Waals surface area (Å²) < 4.78 is 38.6. The molecule has 7 nitrogen and oxygen atoms in total. The van der Waals surface area contributed by atoms with E-state index < -0.39 is 16.1 Å². The van der Waals surface area contributed by atoms with Crippen molar-refractivity contribution >= 4 is 15.9 Å². The van der Waals surface area contributed by atoms with E-state index in [2.05, 4.69) is 0 Å². The molecule has 2 aliphatic rings. The van der Waals surface area contributed by atoms with Crippen molar-refractivity contribution in [2.45, 2.75) is 37.6 Å². The van der Waals surface area contributed by atoms with Crippen LogP contribution in [0.4, 0.5) is 0 Å². The lowest BCUT2D eigenvalue weighted by atomic mass is 10.1. The number of amides is 1. The van der Waals surface area contributed by atoms with Gasteiger partial charge in [0, 0.05) is 19.6 Å². The van der Waals surface area contributed by atoms with E-state index in [9.17, 15) is 13.2 Å². The molecule has 2 aliphatic heterocycles. The number of carbonyl (C=O) groups is 1. The van der Waals surface area contributed by atoms with Gasteiger partial charge < -0.3 is 14.4 Å². The first-order chi connectivity index (χ1) is 12.4. The van der Waals surface area contributed by atoms with E-state index in [1.807, 2.05) is 0 Å². The minimum Gasteiger partial charge on any atom is -0.497 e. The number of methoxy groups -OCH3 is 1. The SMILES string of the molecule is COc1cc(C)c(S(=O)(=O)N2CCC[C@@H]2C(=O)N2CCOCC2)c(C)c1. The second-order valence-electron chi connectivity index (χ2n) is 6.80. The summed E-state index contributed by atoms with van der Waals surface area (Å²) in [5.41, 5.74) is 1.26. The van der Waals surface area contributed by atoms with Crippen LogP contribution in [-0.2, 0) is 19.6 Å². The molecule has 2 saturated heterocycles. The molecule has 0 saturated carbocycles. The van der Waals surface area contributed by atoms with Crippen molar-refractivity contribution in [3.05, 3.63) is 23.3 Å². The Labute approximate surface area is 154 Å². The van der Waals surface area contributed by atoms with Gasteiger partial charge in [-0.2, -0.15) is 4.31 Å². The van der Waals surface area contributed by atoms with Crippen LogP contribution in [0.5, 0.6) is 5.75 Å². The summed E-state index contributed by atoms with van der Waals surface area (Å²) in [6.07, 6.45) is 1.25. The van der Waals surface area contributed by atoms with Gasteiger partial charge in [0.15, 0.2) is 0 Å². The highest BCUT2D eigenvalue weighted by molar-refractivity contribution is 7.89. The van der Waals surface area contributed by atoms with E-state index in [1.165, 1.54) is 4.31 Å². The van der Waals surface area contributed by atoms with Crippen molar-refractivity contribution in [2.24, 2.45) is 0 Å². The minimum atomic E-state index is -3.76. The van der Waals surface area contributed by atoms with Gasteiger partial charge in [-0.15, -0.1) is 0 Å². The van der Waals surface area contributed by atoms with E-state index in [4.69, 9.17) is 9.47 Å². The van der Waals surface area contributed by atoms with Crippen LogP contribution in [0, 0.1) is 13.8 Å². The van der Waals surface area contributed by atoms with Gasteiger partial charge in [0.2, 0.25) is 15.9 Å². The van der Waals surface area contributed by atoms with Crippen molar-refractivity contribution in [2.75, 3.05) is 40.0 Å². The number of sulfonamides is 1. The quantitative estimate of drug-likeness (QED) is 0.785. The normalized spacial score (nSPS) is 21.8. The molecule has 2 fully saturated rings. The van der Waals surface area contributed by atoms with Crippen LogP contribution in [0.3, 0.4) is 0 Å². The first-order valence-electron chi connectivity index (χ1n) is 8.90. The van der Waals surface area contributed by atoms with Gasteiger partial charge in [-0.1, -0.05) is 0 Å². The highest BCUT2D eigenvalue weighted by Crippen LogP contribution is 2.32. The first kappa shape index (κ1) is 19.1. The monoisotopic (exact) mass is 382 g/mol. The van der Waals surface area contributed by atoms with Gasteiger partial charge in [-0.25, -0.2) is 8.42 Å². The summed E-state index contributed by atoms with van der Waals surface area (Å²) in [4.78, 5) is 14.9. The highest BCUT2D eigenvalue weighted by atomic mass is 32.2. The molecule has 1 aromatic rings. The number of rotatable bonds is 4. The van der Waals surface area contributed by atoms with Gasteiger partial charge in [0.1, 0.15) is 11.8 Å². The lowest BCUT2D eigenvalue weighted by molar-refractivity contribution is -0.138. The van der Waals surface area contributed by atoms with E-state index in [0.29, 0.717) is 62.6 Å². The molecule has 8 heteroatoms. The van der Waals surface area contributed by atoms with Gasteiger partial charge in [-0.05, 0) is 49.9 Å². The first-order valence-corrected chi connectivity index (χ1v) is 10.3. The molecule has 0 radical (unpaired) electrons. The standard InChI is InChI=1S/C18H26N2O5S/c1-13-11-15(24-3)12-14(2)17(13)26(22,23)20-6-4-5-16(20)18(21)19-7-9-25-10-8-19/h11-12,16H,4-10H2,1-3H3/t16-/m1/s1. The number of nitrogens with zero attached hydrogens (tertiary/aromatic N) is 2. The maximum Gasteiger partial charge on any atom is 0.244 e. The highest BCUT2D eigenvalue weighted by Gasteiger charge is 2.42. The van der Waals surface area contributed by atoms with Crippen LogP contribution in [0.2, 0.25) is 0 Å². The molecule has 1 amide bonds. The topological polar surface area (TPSA) is 76.2 Å². The molecule has 2 heterocycles. The average Bonchev–Trinajstić information content (AvgIpc) is 3.11. The Morgan fingerprint density at radius 2 is 1.77 bits per heavy atom. The Hall–Kier alpha value is -1.64. The van der Waals surface area contributed by atoms with E-state index in [0.717, 1.165) is 0 Å². The summed E-state index contributed by atoms with van der Waals surface area (Å²) in [6, 6.07) is 2.81. The van der Waals surface area contributed by atoms with Crippen LogP contribution < -0.4 is 4.74 Å². The molecular weight excluding hydrogens is 356 g/mol. The van der Waals surface area contributed by atoms with Crippen LogP contribution in [0.15, 0.2) is 17.0 Å². The maximum atomic E-state index is 13.4. The Kier molecular flexibility index (Phi) is 5.55. The van der Waals surface area contributed by atoms with Crippen molar-refractivity contribution in [3.8, 4) is 5.75 Å². The molecule has 0 aromatic heterocycles. The molecule has 0 N–H and O–H groups in total. The number of ether oxygens (including phenoxy) is 2. The number of hydrogen-bond acceptors (Lipinski definition) is 5. The molecule has 26 heavy (non-hydrogen) atoms. The molecule has 1 atom stereocenters. The number of carbonyl (C=O) groups excluding carboxylic acids is 1. The molecule has 3 rings (SSSR count). The Morgan fingerprint density at radius 3 is 2.35 bits per heavy atom. The fourth-order valence-electron chi connectivity index (χ4n) is 3.82. The third-order valence-corrected chi connectivity index (χ3v) is 7.26. The fourth-order valence-corrected chi connectivity index (χ4v) is 5.89. The van der Waals surface area contributed by atoms with Crippen LogP contribution in [0.1, 0.15) is 24.0 Å². The van der Waals surface area contributed by atoms with E-state index >= 15 is 0 Å². The summed E-state index contributed by atoms with van der Waals surface area (Å²) in [5, 5.41) is 0. The molecule has 0 unspecified atom stereocenters. The smallest absolute Gasteiger partial charge is 0.244 e. The molecular formula is C18H26N2O5S. The van der Waals surface area contributed by atoms with Crippen molar-refractivity contribution < 1.29 is 22.7 Å². The Balaban J connectivity index is 1.92. The van der Waals surface area contributed by atoms with Crippen LogP contribution in [0.25, 0.3) is 0 Å². The number of aryl methyl sites for hydroxylation is 2. The largest absolute Gasteiger partial charge is 0.497 e. The summed E-state index contributed by atoms with van der Waals surface area (Å²) >= 11 is 0. The summed E-state index contributed by atoms with van der Waals surface area (Å²) in [6.45, 7) is 5.93. The predicted octanol–water partition coefficient (Wildman–Crippen LogP) is 1.32. The second kappa shape index (κ2) is 7.54. The van der Waals surface area contributed by atoms with Crippen molar-refractivity contribution in [1.82, 2.24) is 9.21 Å². The zero-order chi connectivity index (χ0) is 18.9. The molecule has 0 aliphatic carbocycles. The Morgan fingerprint density at radius 1 is 1.15 bits per heavy atom. The molecule has 1 aromatic carbocycles. The average molecular weight is 382 g/mol.